The van der Waals surface area contributed by atoms with Gasteiger partial charge < -0.3 is 15.2 Å². The van der Waals surface area contributed by atoms with Crippen LogP contribution in [0, 0.1) is 6.92 Å². The summed E-state index contributed by atoms with van der Waals surface area (Å²) in [4.78, 5) is 8.46. The molecule has 1 aromatic heterocycles. The Morgan fingerprint density at radius 3 is 2.55 bits per heavy atom. The smallest absolute Gasteiger partial charge is 0.127 e. The quantitative estimate of drug-likeness (QED) is 0.515. The van der Waals surface area contributed by atoms with Crippen molar-refractivity contribution in [3.05, 3.63) is 60.2 Å². The van der Waals surface area contributed by atoms with Crippen LogP contribution < -0.4 is 5.32 Å². The Morgan fingerprint density at radius 2 is 1.81 bits per heavy atom. The Labute approximate surface area is 188 Å². The third kappa shape index (κ3) is 5.58. The van der Waals surface area contributed by atoms with Crippen LogP contribution in [0.3, 0.4) is 0 Å². The van der Waals surface area contributed by atoms with Crippen molar-refractivity contribution in [2.24, 2.45) is 0 Å². The monoisotopic (exact) mass is 435 g/mol. The minimum absolute atomic E-state index is 0.243. The standard InChI is InChI=1S/C25H29N3O2S/c1-18-3-8-24(29)22(15-18)23-16-20(19-4-6-21(31-2)7-5-19)17-25(27-23)26-9-10-28-11-13-30-14-12-28/h3-8,15-17,29H,9-14H2,1-2H3,(H,26,27). The van der Waals surface area contributed by atoms with Crippen LogP contribution in [0.25, 0.3) is 22.4 Å². The van der Waals surface area contributed by atoms with Gasteiger partial charge >= 0.3 is 0 Å². The summed E-state index contributed by atoms with van der Waals surface area (Å²) in [5, 5.41) is 14.0. The van der Waals surface area contributed by atoms with Gasteiger partial charge in [0.05, 0.1) is 18.9 Å². The number of rotatable bonds is 7. The minimum Gasteiger partial charge on any atom is -0.507 e. The molecule has 2 heterocycles. The highest BCUT2D eigenvalue weighted by Gasteiger charge is 2.13. The fraction of sp³-hybridized carbons (Fsp3) is 0.320. The molecule has 6 heteroatoms. The predicted molar refractivity (Wildman–Crippen MR) is 129 cm³/mol. The average molecular weight is 436 g/mol. The van der Waals surface area contributed by atoms with Crippen LogP contribution in [0.4, 0.5) is 5.82 Å². The molecular formula is C25H29N3O2S. The van der Waals surface area contributed by atoms with Gasteiger partial charge in [-0.25, -0.2) is 4.98 Å². The summed E-state index contributed by atoms with van der Waals surface area (Å²) in [5.41, 5.74) is 4.81. The number of aryl methyl sites for hydroxylation is 1. The largest absolute Gasteiger partial charge is 0.507 e. The van der Waals surface area contributed by atoms with Gasteiger partial charge in [-0.05, 0) is 60.7 Å². The van der Waals surface area contributed by atoms with Crippen LogP contribution in [0.15, 0.2) is 59.5 Å². The highest BCUT2D eigenvalue weighted by molar-refractivity contribution is 7.98. The van der Waals surface area contributed by atoms with E-state index in [-0.39, 0.29) is 5.75 Å². The number of benzene rings is 2. The molecule has 0 unspecified atom stereocenters. The lowest BCUT2D eigenvalue weighted by molar-refractivity contribution is 0.0398. The molecule has 0 bridgehead atoms. The SMILES string of the molecule is CSc1ccc(-c2cc(NCCN3CCOCC3)nc(-c3cc(C)ccc3O)c2)cc1. The molecule has 5 nitrogen and oxygen atoms in total. The summed E-state index contributed by atoms with van der Waals surface area (Å²) < 4.78 is 5.43. The van der Waals surface area contributed by atoms with E-state index in [2.05, 4.69) is 52.9 Å². The molecule has 0 aliphatic carbocycles. The van der Waals surface area contributed by atoms with Gasteiger partial charge in [-0.1, -0.05) is 23.8 Å². The molecule has 1 fully saturated rings. The van der Waals surface area contributed by atoms with E-state index in [4.69, 9.17) is 9.72 Å². The number of pyridine rings is 1. The van der Waals surface area contributed by atoms with Gasteiger partial charge in [-0.3, -0.25) is 4.90 Å². The van der Waals surface area contributed by atoms with E-state index in [1.54, 1.807) is 17.8 Å². The molecule has 2 aromatic carbocycles. The highest BCUT2D eigenvalue weighted by atomic mass is 32.2. The summed E-state index contributed by atoms with van der Waals surface area (Å²) in [7, 11) is 0. The van der Waals surface area contributed by atoms with Gasteiger partial charge in [-0.15, -0.1) is 11.8 Å². The van der Waals surface area contributed by atoms with Gasteiger partial charge in [0.2, 0.25) is 0 Å². The molecule has 0 saturated carbocycles. The second-order valence-electron chi connectivity index (χ2n) is 7.76. The molecule has 4 rings (SSSR count). The van der Waals surface area contributed by atoms with E-state index < -0.39 is 0 Å². The number of nitrogens with one attached hydrogen (secondary N) is 1. The Balaban J connectivity index is 1.63. The van der Waals surface area contributed by atoms with Crippen molar-refractivity contribution in [3.8, 4) is 28.1 Å². The molecule has 0 atom stereocenters. The molecular weight excluding hydrogens is 406 g/mol. The fourth-order valence-electron chi connectivity index (χ4n) is 3.73. The van der Waals surface area contributed by atoms with E-state index in [1.807, 2.05) is 19.1 Å². The summed E-state index contributed by atoms with van der Waals surface area (Å²) in [6.45, 7) is 7.32. The number of nitrogens with zero attached hydrogens (tertiary/aromatic N) is 2. The predicted octanol–water partition coefficient (Wildman–Crippen LogP) is 4.90. The maximum Gasteiger partial charge on any atom is 0.127 e. The second kappa shape index (κ2) is 10.2. The van der Waals surface area contributed by atoms with Gasteiger partial charge in [0.25, 0.3) is 0 Å². The van der Waals surface area contributed by atoms with Gasteiger partial charge in [0.1, 0.15) is 11.6 Å². The van der Waals surface area contributed by atoms with Crippen LogP contribution in [0.1, 0.15) is 5.56 Å². The summed E-state index contributed by atoms with van der Waals surface area (Å²) in [5.74, 6) is 1.06. The number of hydrogen-bond acceptors (Lipinski definition) is 6. The molecule has 1 saturated heterocycles. The number of aromatic hydroxyl groups is 1. The van der Waals surface area contributed by atoms with E-state index >= 15 is 0 Å². The molecule has 0 radical (unpaired) electrons. The topological polar surface area (TPSA) is 57.6 Å². The van der Waals surface area contributed by atoms with Crippen LogP contribution in [0.2, 0.25) is 0 Å². The first-order valence-corrected chi connectivity index (χ1v) is 11.9. The first-order valence-electron chi connectivity index (χ1n) is 10.6. The maximum atomic E-state index is 10.5. The molecule has 0 amide bonds. The molecule has 1 aliphatic heterocycles. The number of anilines is 1. The lowest BCUT2D eigenvalue weighted by Crippen LogP contribution is -2.39. The molecule has 2 N–H and O–H groups in total. The number of phenols is 1. The molecule has 3 aromatic rings. The molecule has 0 spiro atoms. The molecule has 162 valence electrons. The van der Waals surface area contributed by atoms with Gasteiger partial charge in [0, 0.05) is 36.6 Å². The van der Waals surface area contributed by atoms with E-state index in [0.717, 1.165) is 73.2 Å². The first kappa shape index (κ1) is 21.7. The number of aromatic nitrogens is 1. The van der Waals surface area contributed by atoms with Crippen LogP contribution in [-0.2, 0) is 4.74 Å². The maximum absolute atomic E-state index is 10.5. The fourth-order valence-corrected chi connectivity index (χ4v) is 4.14. The van der Waals surface area contributed by atoms with Crippen LogP contribution in [-0.4, -0.2) is 60.6 Å². The number of morpholine rings is 1. The van der Waals surface area contributed by atoms with E-state index in [0.29, 0.717) is 0 Å². The Hall–Kier alpha value is -2.54. The average Bonchev–Trinajstić information content (AvgIpc) is 2.81. The summed E-state index contributed by atoms with van der Waals surface area (Å²) in [6, 6.07) is 18.3. The zero-order chi connectivity index (χ0) is 21.6. The Kier molecular flexibility index (Phi) is 7.12. The van der Waals surface area contributed by atoms with Crippen molar-refractivity contribution in [2.45, 2.75) is 11.8 Å². The van der Waals surface area contributed by atoms with Crippen LogP contribution >= 0.6 is 11.8 Å². The highest BCUT2D eigenvalue weighted by Crippen LogP contribution is 2.33. The van der Waals surface area contributed by atoms with Crippen molar-refractivity contribution in [1.82, 2.24) is 9.88 Å². The van der Waals surface area contributed by atoms with E-state index in [9.17, 15) is 5.11 Å². The summed E-state index contributed by atoms with van der Waals surface area (Å²) in [6.07, 6.45) is 2.08. The van der Waals surface area contributed by atoms with Crippen molar-refractivity contribution in [3.63, 3.8) is 0 Å². The number of thioether (sulfide) groups is 1. The minimum atomic E-state index is 0.243. The van der Waals surface area contributed by atoms with Crippen LogP contribution in [0.5, 0.6) is 5.75 Å². The first-order chi connectivity index (χ1) is 15.1. The Morgan fingerprint density at radius 1 is 1.03 bits per heavy atom. The zero-order valence-corrected chi connectivity index (χ0v) is 18.9. The van der Waals surface area contributed by atoms with Crippen molar-refractivity contribution < 1.29 is 9.84 Å². The third-order valence-electron chi connectivity index (χ3n) is 5.51. The van der Waals surface area contributed by atoms with Crippen molar-refractivity contribution in [1.29, 1.82) is 0 Å². The van der Waals surface area contributed by atoms with E-state index in [1.165, 1.54) is 4.90 Å². The normalized spacial score (nSPS) is 14.5. The van der Waals surface area contributed by atoms with Crippen molar-refractivity contribution >= 4 is 17.6 Å². The number of phenolic OH excluding ortho intramolecular Hbond substituents is 1. The lowest BCUT2D eigenvalue weighted by Gasteiger charge is -2.26. The van der Waals surface area contributed by atoms with Gasteiger partial charge in [-0.2, -0.15) is 0 Å². The summed E-state index contributed by atoms with van der Waals surface area (Å²) >= 11 is 1.73. The molecule has 31 heavy (non-hydrogen) atoms. The number of hydrogen-bond donors (Lipinski definition) is 2. The molecule has 1 aliphatic rings. The number of ether oxygens (including phenoxy) is 1. The lowest BCUT2D eigenvalue weighted by atomic mass is 10.0. The Bertz CT molecular complexity index is 1020. The van der Waals surface area contributed by atoms with Gasteiger partial charge in [0.15, 0.2) is 0 Å². The second-order valence-corrected chi connectivity index (χ2v) is 8.64. The zero-order valence-electron chi connectivity index (χ0n) is 18.1. The third-order valence-corrected chi connectivity index (χ3v) is 6.26. The van der Waals surface area contributed by atoms with Crippen molar-refractivity contribution in [2.75, 3.05) is 51.0 Å².